The predicted molar refractivity (Wildman–Crippen MR) is 81.1 cm³/mol. The van der Waals surface area contributed by atoms with Crippen molar-refractivity contribution in [1.29, 1.82) is 0 Å². The number of morpholine rings is 1. The maximum absolute atomic E-state index is 6.35. The number of hydrogen-bond donors (Lipinski definition) is 1. The highest BCUT2D eigenvalue weighted by Crippen LogP contribution is 2.22. The molecule has 0 amide bonds. The first-order valence-electron chi connectivity index (χ1n) is 7.22. The average molecular weight is 301 g/mol. The van der Waals surface area contributed by atoms with E-state index in [1.165, 1.54) is 0 Å². The molecule has 2 heterocycles. The SMILES string of the molecule is Cc1nn(C)c(CN2CCOCC2CNC(C)C)c1Cl. The van der Waals surface area contributed by atoms with E-state index in [0.717, 1.165) is 49.3 Å². The summed E-state index contributed by atoms with van der Waals surface area (Å²) in [7, 11) is 1.95. The second kappa shape index (κ2) is 6.89. The van der Waals surface area contributed by atoms with Crippen molar-refractivity contribution < 1.29 is 4.74 Å². The van der Waals surface area contributed by atoms with Crippen molar-refractivity contribution in [2.75, 3.05) is 26.3 Å². The summed E-state index contributed by atoms with van der Waals surface area (Å²) in [5.41, 5.74) is 1.98. The van der Waals surface area contributed by atoms with Gasteiger partial charge in [-0.25, -0.2) is 0 Å². The van der Waals surface area contributed by atoms with Gasteiger partial charge in [-0.3, -0.25) is 9.58 Å². The van der Waals surface area contributed by atoms with Crippen LogP contribution in [0.2, 0.25) is 5.02 Å². The third-order valence-electron chi connectivity index (χ3n) is 3.73. The molecule has 1 fully saturated rings. The summed E-state index contributed by atoms with van der Waals surface area (Å²) in [4.78, 5) is 2.43. The van der Waals surface area contributed by atoms with E-state index >= 15 is 0 Å². The Morgan fingerprint density at radius 2 is 2.25 bits per heavy atom. The Labute approximate surface area is 126 Å². The minimum absolute atomic E-state index is 0.387. The zero-order chi connectivity index (χ0) is 14.7. The molecule has 0 bridgehead atoms. The largest absolute Gasteiger partial charge is 0.378 e. The van der Waals surface area contributed by atoms with Crippen LogP contribution in [0.4, 0.5) is 0 Å². The zero-order valence-electron chi connectivity index (χ0n) is 12.8. The normalized spacial score (nSPS) is 20.8. The van der Waals surface area contributed by atoms with E-state index in [1.54, 1.807) is 0 Å². The summed E-state index contributed by atoms with van der Waals surface area (Å²) in [6, 6.07) is 0.874. The summed E-state index contributed by atoms with van der Waals surface area (Å²) in [6.45, 7) is 10.5. The van der Waals surface area contributed by atoms with Gasteiger partial charge in [0.1, 0.15) is 0 Å². The molecule has 1 aliphatic heterocycles. The van der Waals surface area contributed by atoms with Gasteiger partial charge in [0.2, 0.25) is 0 Å². The van der Waals surface area contributed by atoms with Crippen LogP contribution in [0.15, 0.2) is 0 Å². The van der Waals surface area contributed by atoms with Crippen LogP contribution < -0.4 is 5.32 Å². The van der Waals surface area contributed by atoms with Crippen LogP contribution in [0.1, 0.15) is 25.2 Å². The molecule has 0 radical (unpaired) electrons. The van der Waals surface area contributed by atoms with Crippen molar-refractivity contribution >= 4 is 11.6 Å². The lowest BCUT2D eigenvalue weighted by Crippen LogP contribution is -2.51. The Hall–Kier alpha value is -0.620. The highest BCUT2D eigenvalue weighted by atomic mass is 35.5. The predicted octanol–water partition coefficient (Wildman–Crippen LogP) is 1.58. The lowest BCUT2D eigenvalue weighted by atomic mass is 10.2. The van der Waals surface area contributed by atoms with E-state index < -0.39 is 0 Å². The molecule has 1 saturated heterocycles. The molecular formula is C14H25ClN4O. The van der Waals surface area contributed by atoms with Crippen molar-refractivity contribution in [2.45, 2.75) is 39.4 Å². The molecule has 1 aromatic heterocycles. The van der Waals surface area contributed by atoms with E-state index in [0.29, 0.717) is 12.1 Å². The Morgan fingerprint density at radius 1 is 1.50 bits per heavy atom. The molecule has 5 nitrogen and oxygen atoms in total. The summed E-state index contributed by atoms with van der Waals surface area (Å²) in [5.74, 6) is 0. The number of halogens is 1. The molecule has 114 valence electrons. The third kappa shape index (κ3) is 3.73. The average Bonchev–Trinajstić information content (AvgIpc) is 2.64. The first-order valence-corrected chi connectivity index (χ1v) is 7.60. The molecule has 0 aromatic carbocycles. The maximum Gasteiger partial charge on any atom is 0.0860 e. The number of aromatic nitrogens is 2. The minimum atomic E-state index is 0.387. The molecule has 0 aliphatic carbocycles. The quantitative estimate of drug-likeness (QED) is 0.896. The number of rotatable bonds is 5. The fourth-order valence-electron chi connectivity index (χ4n) is 2.50. The maximum atomic E-state index is 6.35. The van der Waals surface area contributed by atoms with Crippen molar-refractivity contribution in [3.63, 3.8) is 0 Å². The van der Waals surface area contributed by atoms with Crippen molar-refractivity contribution in [3.8, 4) is 0 Å². The third-order valence-corrected chi connectivity index (χ3v) is 4.22. The standard InChI is InChI=1S/C14H25ClN4O/c1-10(2)16-7-12-9-20-6-5-19(12)8-13-14(15)11(3)17-18(13)4/h10,12,16H,5-9H2,1-4H3. The highest BCUT2D eigenvalue weighted by molar-refractivity contribution is 6.31. The van der Waals surface area contributed by atoms with Crippen LogP contribution in [0.25, 0.3) is 0 Å². The van der Waals surface area contributed by atoms with Gasteiger partial charge in [-0.05, 0) is 6.92 Å². The number of aryl methyl sites for hydroxylation is 2. The Balaban J connectivity index is 2.04. The van der Waals surface area contributed by atoms with Gasteiger partial charge >= 0.3 is 0 Å². The van der Waals surface area contributed by atoms with Crippen LogP contribution >= 0.6 is 11.6 Å². The van der Waals surface area contributed by atoms with Crippen LogP contribution in [0, 0.1) is 6.92 Å². The van der Waals surface area contributed by atoms with Gasteiger partial charge in [-0.2, -0.15) is 5.10 Å². The lowest BCUT2D eigenvalue weighted by molar-refractivity contribution is -0.0124. The van der Waals surface area contributed by atoms with Crippen molar-refractivity contribution in [2.24, 2.45) is 7.05 Å². The summed E-state index contributed by atoms with van der Waals surface area (Å²) in [6.07, 6.45) is 0. The van der Waals surface area contributed by atoms with Gasteiger partial charge < -0.3 is 10.1 Å². The van der Waals surface area contributed by atoms with E-state index in [2.05, 4.69) is 29.2 Å². The molecule has 20 heavy (non-hydrogen) atoms. The topological polar surface area (TPSA) is 42.3 Å². The molecule has 6 heteroatoms. The molecule has 1 aromatic rings. The summed E-state index contributed by atoms with van der Waals surface area (Å²) < 4.78 is 7.50. The van der Waals surface area contributed by atoms with E-state index in [1.807, 2.05) is 18.7 Å². The van der Waals surface area contributed by atoms with Crippen LogP contribution in [0.5, 0.6) is 0 Å². The van der Waals surface area contributed by atoms with Gasteiger partial charge in [0.05, 0.1) is 29.6 Å². The van der Waals surface area contributed by atoms with Gasteiger partial charge in [-0.1, -0.05) is 25.4 Å². The molecular weight excluding hydrogens is 276 g/mol. The van der Waals surface area contributed by atoms with E-state index in [-0.39, 0.29) is 0 Å². The van der Waals surface area contributed by atoms with Crippen LogP contribution in [-0.2, 0) is 18.3 Å². The summed E-state index contributed by atoms with van der Waals surface area (Å²) in [5, 5.41) is 8.66. The van der Waals surface area contributed by atoms with Gasteiger partial charge in [0.15, 0.2) is 0 Å². The molecule has 1 atom stereocenters. The highest BCUT2D eigenvalue weighted by Gasteiger charge is 2.25. The molecule has 1 aliphatic rings. The monoisotopic (exact) mass is 300 g/mol. The second-order valence-corrected chi connectivity index (χ2v) is 6.11. The number of nitrogens with one attached hydrogen (secondary N) is 1. The molecule has 0 saturated carbocycles. The smallest absolute Gasteiger partial charge is 0.0860 e. The molecule has 0 spiro atoms. The fraction of sp³-hybridized carbons (Fsp3) is 0.786. The lowest BCUT2D eigenvalue weighted by Gasteiger charge is -2.36. The first-order chi connectivity index (χ1) is 9.49. The Morgan fingerprint density at radius 3 is 2.85 bits per heavy atom. The van der Waals surface area contributed by atoms with E-state index in [9.17, 15) is 0 Å². The summed E-state index contributed by atoms with van der Waals surface area (Å²) >= 11 is 6.35. The van der Waals surface area contributed by atoms with Gasteiger partial charge in [-0.15, -0.1) is 0 Å². The first kappa shape index (κ1) is 15.8. The number of ether oxygens (including phenoxy) is 1. The van der Waals surface area contributed by atoms with Crippen molar-refractivity contribution in [3.05, 3.63) is 16.4 Å². The second-order valence-electron chi connectivity index (χ2n) is 5.73. The zero-order valence-corrected chi connectivity index (χ0v) is 13.6. The molecule has 1 unspecified atom stereocenters. The molecule has 1 N–H and O–H groups in total. The molecule has 2 rings (SSSR count). The van der Waals surface area contributed by atoms with E-state index in [4.69, 9.17) is 16.3 Å². The number of hydrogen-bond acceptors (Lipinski definition) is 4. The fourth-order valence-corrected chi connectivity index (χ4v) is 2.72. The minimum Gasteiger partial charge on any atom is -0.378 e. The Kier molecular flexibility index (Phi) is 5.43. The van der Waals surface area contributed by atoms with Gasteiger partial charge in [0.25, 0.3) is 0 Å². The van der Waals surface area contributed by atoms with Crippen LogP contribution in [-0.4, -0.2) is 53.1 Å². The van der Waals surface area contributed by atoms with Crippen molar-refractivity contribution in [1.82, 2.24) is 20.0 Å². The number of nitrogens with zero attached hydrogens (tertiary/aromatic N) is 3. The van der Waals surface area contributed by atoms with Gasteiger partial charge in [0, 0.05) is 38.8 Å². The van der Waals surface area contributed by atoms with Crippen LogP contribution in [0.3, 0.4) is 0 Å². The Bertz CT molecular complexity index is 447.